The summed E-state index contributed by atoms with van der Waals surface area (Å²) in [7, 11) is 0. The van der Waals surface area contributed by atoms with Crippen molar-refractivity contribution in [3.8, 4) is 0 Å². The van der Waals surface area contributed by atoms with Crippen molar-refractivity contribution in [2.24, 2.45) is 0 Å². The largest absolute Gasteiger partial charge is 0.326 e. The first kappa shape index (κ1) is 12.9. The third-order valence-corrected chi connectivity index (χ3v) is 3.23. The van der Waals surface area contributed by atoms with Crippen LogP contribution in [-0.2, 0) is 0 Å². The molecule has 6 heteroatoms. The molecule has 0 radical (unpaired) electrons. The number of para-hydroxylation sites is 1. The van der Waals surface area contributed by atoms with E-state index in [2.05, 4.69) is 9.97 Å². The maximum atomic E-state index is 11.6. The molecule has 0 saturated heterocycles. The molecule has 94 valence electrons. The Morgan fingerprint density at radius 1 is 1.28 bits per heavy atom. The SMILES string of the molecule is O=c1[nH]c(=O)c2cccc(C=CC(Cl)CCl)c2[nH]1. The van der Waals surface area contributed by atoms with E-state index in [-0.39, 0.29) is 5.38 Å². The van der Waals surface area contributed by atoms with E-state index in [4.69, 9.17) is 23.2 Å². The highest BCUT2D eigenvalue weighted by atomic mass is 35.5. The molecule has 0 fully saturated rings. The molecule has 0 aliphatic rings. The summed E-state index contributed by atoms with van der Waals surface area (Å²) in [5, 5.41) is 0.129. The summed E-state index contributed by atoms with van der Waals surface area (Å²) in [5.41, 5.74) is 0.254. The summed E-state index contributed by atoms with van der Waals surface area (Å²) in [5.74, 6) is 0.292. The van der Waals surface area contributed by atoms with Crippen LogP contribution in [0.4, 0.5) is 0 Å². The second-order valence-corrected chi connectivity index (χ2v) is 4.58. The van der Waals surface area contributed by atoms with Crippen molar-refractivity contribution in [2.75, 3.05) is 5.88 Å². The average molecular weight is 285 g/mol. The number of hydrogen-bond acceptors (Lipinski definition) is 2. The first-order chi connectivity index (χ1) is 8.61. The van der Waals surface area contributed by atoms with E-state index in [0.717, 1.165) is 0 Å². The van der Waals surface area contributed by atoms with Gasteiger partial charge in [-0.1, -0.05) is 24.3 Å². The number of nitrogens with one attached hydrogen (secondary N) is 2. The van der Waals surface area contributed by atoms with Gasteiger partial charge in [-0.2, -0.15) is 0 Å². The molecule has 1 aromatic heterocycles. The van der Waals surface area contributed by atoms with Gasteiger partial charge in [0, 0.05) is 5.88 Å². The lowest BCUT2D eigenvalue weighted by Crippen LogP contribution is -2.22. The molecular formula is C12H10Cl2N2O2. The standard InChI is InChI=1S/C12H10Cl2N2O2/c13-6-8(14)5-4-7-2-1-3-9-10(7)15-12(18)16-11(9)17/h1-5,8H,6H2,(H2,15,16,17,18). The number of benzene rings is 1. The summed E-state index contributed by atoms with van der Waals surface area (Å²) in [6, 6.07) is 5.16. The molecule has 0 spiro atoms. The Morgan fingerprint density at radius 2 is 2.06 bits per heavy atom. The van der Waals surface area contributed by atoms with Crippen molar-refractivity contribution in [1.29, 1.82) is 0 Å². The van der Waals surface area contributed by atoms with Gasteiger partial charge in [-0.3, -0.25) is 9.78 Å². The Morgan fingerprint density at radius 3 is 2.78 bits per heavy atom. The molecule has 18 heavy (non-hydrogen) atoms. The third kappa shape index (κ3) is 2.66. The zero-order valence-corrected chi connectivity index (χ0v) is 10.8. The van der Waals surface area contributed by atoms with Crippen LogP contribution in [0, 0.1) is 0 Å². The van der Waals surface area contributed by atoms with Gasteiger partial charge in [-0.15, -0.1) is 23.2 Å². The molecule has 0 amide bonds. The first-order valence-corrected chi connectivity index (χ1v) is 6.22. The van der Waals surface area contributed by atoms with Crippen LogP contribution in [0.2, 0.25) is 0 Å². The lowest BCUT2D eigenvalue weighted by molar-refractivity contribution is 1.08. The average Bonchev–Trinajstić information content (AvgIpc) is 2.36. The molecule has 1 heterocycles. The summed E-state index contributed by atoms with van der Waals surface area (Å²) < 4.78 is 0. The number of H-pyrrole nitrogens is 2. The summed E-state index contributed by atoms with van der Waals surface area (Å²) >= 11 is 11.5. The number of aromatic nitrogens is 2. The number of allylic oxidation sites excluding steroid dienone is 1. The fraction of sp³-hybridized carbons (Fsp3) is 0.167. The van der Waals surface area contributed by atoms with E-state index in [0.29, 0.717) is 22.3 Å². The fourth-order valence-corrected chi connectivity index (χ4v) is 1.79. The molecule has 1 aromatic carbocycles. The number of rotatable bonds is 3. The molecule has 0 aliphatic heterocycles. The highest BCUT2D eigenvalue weighted by Crippen LogP contribution is 2.14. The van der Waals surface area contributed by atoms with Gasteiger partial charge in [0.2, 0.25) is 0 Å². The zero-order valence-electron chi connectivity index (χ0n) is 9.24. The Bertz CT molecular complexity index is 703. The van der Waals surface area contributed by atoms with Gasteiger partial charge < -0.3 is 4.98 Å². The minimum absolute atomic E-state index is 0.292. The molecule has 0 saturated carbocycles. The Balaban J connectivity index is 2.62. The van der Waals surface area contributed by atoms with Crippen LogP contribution in [0.5, 0.6) is 0 Å². The summed E-state index contributed by atoms with van der Waals surface area (Å²) in [6.45, 7) is 0. The van der Waals surface area contributed by atoms with Gasteiger partial charge in [0.25, 0.3) is 5.56 Å². The van der Waals surface area contributed by atoms with Crippen LogP contribution in [0.25, 0.3) is 17.0 Å². The van der Waals surface area contributed by atoms with Crippen molar-refractivity contribution >= 4 is 40.2 Å². The van der Waals surface area contributed by atoms with E-state index in [1.54, 1.807) is 30.4 Å². The van der Waals surface area contributed by atoms with E-state index < -0.39 is 11.2 Å². The molecule has 2 N–H and O–H groups in total. The van der Waals surface area contributed by atoms with Gasteiger partial charge in [-0.25, -0.2) is 4.79 Å². The molecular weight excluding hydrogens is 275 g/mol. The molecule has 1 atom stereocenters. The van der Waals surface area contributed by atoms with Crippen molar-refractivity contribution in [1.82, 2.24) is 9.97 Å². The Labute approximate surface area is 112 Å². The maximum Gasteiger partial charge on any atom is 0.326 e. The number of aromatic amines is 2. The zero-order chi connectivity index (χ0) is 13.1. The van der Waals surface area contributed by atoms with E-state index in [1.165, 1.54) is 0 Å². The summed E-state index contributed by atoms with van der Waals surface area (Å²) in [6.07, 6.45) is 3.45. The fourth-order valence-electron chi connectivity index (χ4n) is 1.61. The molecule has 4 nitrogen and oxygen atoms in total. The number of hydrogen-bond donors (Lipinski definition) is 2. The van der Waals surface area contributed by atoms with Crippen molar-refractivity contribution in [3.05, 3.63) is 50.7 Å². The van der Waals surface area contributed by atoms with Crippen molar-refractivity contribution < 1.29 is 0 Å². The van der Waals surface area contributed by atoms with Crippen molar-refractivity contribution in [3.63, 3.8) is 0 Å². The highest BCUT2D eigenvalue weighted by molar-refractivity contribution is 6.29. The summed E-state index contributed by atoms with van der Waals surface area (Å²) in [4.78, 5) is 27.6. The lowest BCUT2D eigenvalue weighted by Gasteiger charge is -2.01. The van der Waals surface area contributed by atoms with E-state index in [9.17, 15) is 9.59 Å². The molecule has 2 rings (SSSR count). The van der Waals surface area contributed by atoms with Gasteiger partial charge in [-0.05, 0) is 11.6 Å². The number of halogens is 2. The van der Waals surface area contributed by atoms with Crippen LogP contribution < -0.4 is 11.2 Å². The smallest absolute Gasteiger partial charge is 0.306 e. The molecule has 0 aliphatic carbocycles. The second-order valence-electron chi connectivity index (χ2n) is 3.71. The van der Waals surface area contributed by atoms with Gasteiger partial charge >= 0.3 is 5.69 Å². The Hall–Kier alpha value is -1.52. The third-order valence-electron chi connectivity index (χ3n) is 2.44. The topological polar surface area (TPSA) is 65.7 Å². The van der Waals surface area contributed by atoms with Crippen LogP contribution in [0.3, 0.4) is 0 Å². The quantitative estimate of drug-likeness (QED) is 0.848. The van der Waals surface area contributed by atoms with Gasteiger partial charge in [0.05, 0.1) is 16.3 Å². The van der Waals surface area contributed by atoms with E-state index in [1.807, 2.05) is 0 Å². The van der Waals surface area contributed by atoms with Crippen LogP contribution in [0.15, 0.2) is 33.9 Å². The number of alkyl halides is 2. The first-order valence-electron chi connectivity index (χ1n) is 5.25. The maximum absolute atomic E-state index is 11.6. The van der Waals surface area contributed by atoms with Gasteiger partial charge in [0.1, 0.15) is 0 Å². The van der Waals surface area contributed by atoms with Crippen LogP contribution >= 0.6 is 23.2 Å². The molecule has 2 aromatic rings. The van der Waals surface area contributed by atoms with Crippen molar-refractivity contribution in [2.45, 2.75) is 5.38 Å². The molecule has 1 unspecified atom stereocenters. The molecule has 0 bridgehead atoms. The van der Waals surface area contributed by atoms with Gasteiger partial charge in [0.15, 0.2) is 0 Å². The van der Waals surface area contributed by atoms with E-state index >= 15 is 0 Å². The van der Waals surface area contributed by atoms with Crippen LogP contribution in [0.1, 0.15) is 5.56 Å². The predicted molar refractivity (Wildman–Crippen MR) is 74.6 cm³/mol. The Kier molecular flexibility index (Phi) is 3.89. The lowest BCUT2D eigenvalue weighted by atomic mass is 10.1. The number of fused-ring (bicyclic) bond motifs is 1. The second kappa shape index (κ2) is 5.42. The minimum atomic E-state index is -0.534. The predicted octanol–water partition coefficient (Wildman–Crippen LogP) is 2.08. The normalized spacial score (nSPS) is 13.2. The highest BCUT2D eigenvalue weighted by Gasteiger charge is 2.04. The monoisotopic (exact) mass is 284 g/mol. The minimum Gasteiger partial charge on any atom is -0.306 e. The van der Waals surface area contributed by atoms with Crippen LogP contribution in [-0.4, -0.2) is 21.2 Å².